The minimum Gasteiger partial charge on any atom is -0.382 e. The molecule has 1 aliphatic rings. The molecule has 6 N–H and O–H groups in total. The topological polar surface area (TPSA) is 143 Å². The number of amides is 2. The molecule has 1 saturated heterocycles. The maximum atomic E-state index is 13.4. The van der Waals surface area contributed by atoms with Crippen molar-refractivity contribution < 1.29 is 14.2 Å². The number of nitrogen functional groups attached to an aromatic ring is 1. The van der Waals surface area contributed by atoms with E-state index in [0.717, 1.165) is 36.8 Å². The number of likely N-dealkylation sites (tertiary alicyclic amines) is 1. The van der Waals surface area contributed by atoms with Gasteiger partial charge in [0.1, 0.15) is 18.8 Å². The van der Waals surface area contributed by atoms with Crippen LogP contribution in [0.15, 0.2) is 31.0 Å². The van der Waals surface area contributed by atoms with Crippen LogP contribution in [0.5, 0.6) is 0 Å². The van der Waals surface area contributed by atoms with Gasteiger partial charge in [-0.05, 0) is 52.5 Å². The van der Waals surface area contributed by atoms with E-state index in [1.807, 2.05) is 24.0 Å². The van der Waals surface area contributed by atoms with Gasteiger partial charge in [-0.1, -0.05) is 13.5 Å². The zero-order chi connectivity index (χ0) is 27.4. The minimum absolute atomic E-state index is 0.0147. The smallest absolute Gasteiger partial charge is 0.254 e. The van der Waals surface area contributed by atoms with Gasteiger partial charge in [-0.25, -0.2) is 9.97 Å². The monoisotopic (exact) mass is 537 g/mol. The Balaban J connectivity index is 1.55. The fraction of sp³-hybridized carbons (Fsp3) is 0.444. The van der Waals surface area contributed by atoms with Crippen molar-refractivity contribution in [1.29, 1.82) is 0 Å². The number of fused-ring (bicyclic) bond motifs is 1. The highest BCUT2D eigenvalue weighted by molar-refractivity contribution is 7.55. The van der Waals surface area contributed by atoms with E-state index in [9.17, 15) is 9.59 Å². The normalized spacial score (nSPS) is 14.5. The van der Waals surface area contributed by atoms with Crippen LogP contribution < -0.4 is 26.7 Å². The lowest BCUT2D eigenvalue weighted by molar-refractivity contribution is -0.671. The van der Waals surface area contributed by atoms with Crippen molar-refractivity contribution in [3.63, 3.8) is 0 Å². The van der Waals surface area contributed by atoms with Crippen molar-refractivity contribution in [3.05, 3.63) is 53.4 Å². The standard InChI is InChI=1S/C27H37N8O2P/c1-5-35-21-13-19(27(37)34-11-9-20(10-12-34)33-23(36)14-28)7-8-22(21)38(6-2)24(35)16-30-18(4)25-26(29)31-15-17(3)32-25/h7-8,13,15,20,30H,4-6,9-12,14,16,28H2,1-3H3,(H2-,29,31,33,36)/p+1. The van der Waals surface area contributed by atoms with Gasteiger partial charge in [0.25, 0.3) is 5.91 Å². The molecule has 0 aliphatic carbocycles. The molecule has 2 aromatic heterocycles. The van der Waals surface area contributed by atoms with E-state index in [2.05, 4.69) is 51.7 Å². The van der Waals surface area contributed by atoms with Gasteiger partial charge < -0.3 is 27.0 Å². The zero-order valence-electron chi connectivity index (χ0n) is 22.5. The zero-order valence-corrected chi connectivity index (χ0v) is 23.4. The summed E-state index contributed by atoms with van der Waals surface area (Å²) < 4.78 is 2.32. The number of carbonyl (C=O) groups excluding carboxylic acids is 2. The van der Waals surface area contributed by atoms with E-state index >= 15 is 0 Å². The Morgan fingerprint density at radius 1 is 1.26 bits per heavy atom. The summed E-state index contributed by atoms with van der Waals surface area (Å²) in [6, 6.07) is 6.20. The molecule has 0 spiro atoms. The van der Waals surface area contributed by atoms with Crippen molar-refractivity contribution in [2.24, 2.45) is 5.73 Å². The summed E-state index contributed by atoms with van der Waals surface area (Å²) >= 11 is 0. The third kappa shape index (κ3) is 5.66. The Morgan fingerprint density at radius 2 is 2.00 bits per heavy atom. The van der Waals surface area contributed by atoms with Gasteiger partial charge in [-0.3, -0.25) is 9.59 Å². The largest absolute Gasteiger partial charge is 0.382 e. The Morgan fingerprint density at radius 3 is 2.66 bits per heavy atom. The summed E-state index contributed by atoms with van der Waals surface area (Å²) in [7, 11) is -0.547. The van der Waals surface area contributed by atoms with Gasteiger partial charge >= 0.3 is 0 Å². The van der Waals surface area contributed by atoms with Crippen LogP contribution in [-0.2, 0) is 24.0 Å². The Hall–Kier alpha value is -3.49. The summed E-state index contributed by atoms with van der Waals surface area (Å²) in [6.45, 7) is 13.0. The maximum absolute atomic E-state index is 13.4. The van der Waals surface area contributed by atoms with Gasteiger partial charge in [0, 0.05) is 30.8 Å². The first-order chi connectivity index (χ1) is 18.3. The number of aromatic nitrogens is 3. The number of nitrogens with two attached hydrogens (primary N) is 2. The van der Waals surface area contributed by atoms with E-state index < -0.39 is 7.53 Å². The molecular formula is C27H38N8O2P+. The van der Waals surface area contributed by atoms with Crippen LogP contribution in [0, 0.1) is 6.92 Å². The summed E-state index contributed by atoms with van der Waals surface area (Å²) in [6.07, 6.45) is 4.11. The number of anilines is 1. The second-order valence-electron chi connectivity index (χ2n) is 9.52. The molecule has 1 unspecified atom stereocenters. The molecule has 0 saturated carbocycles. The fourth-order valence-corrected chi connectivity index (χ4v) is 7.61. The van der Waals surface area contributed by atoms with Crippen LogP contribution in [0.2, 0.25) is 0 Å². The molecule has 202 valence electrons. The molecule has 2 amide bonds. The first-order valence-electron chi connectivity index (χ1n) is 13.1. The molecular weight excluding hydrogens is 499 g/mol. The van der Waals surface area contributed by atoms with Gasteiger partial charge in [0.05, 0.1) is 29.3 Å². The second-order valence-corrected chi connectivity index (χ2v) is 12.0. The highest BCUT2D eigenvalue weighted by Gasteiger charge is 2.28. The summed E-state index contributed by atoms with van der Waals surface area (Å²) in [5.41, 5.74) is 16.5. The van der Waals surface area contributed by atoms with E-state index in [0.29, 0.717) is 42.4 Å². The minimum atomic E-state index is -0.547. The molecule has 4 rings (SSSR count). The quantitative estimate of drug-likeness (QED) is 0.307. The van der Waals surface area contributed by atoms with Crippen LogP contribution in [0.1, 0.15) is 53.9 Å². The number of nitrogens with zero attached hydrogens (tertiary/aromatic N) is 4. The molecule has 1 aliphatic heterocycles. The third-order valence-corrected chi connectivity index (χ3v) is 9.67. The highest BCUT2D eigenvalue weighted by atomic mass is 31.1. The second kappa shape index (κ2) is 11.9. The predicted molar refractivity (Wildman–Crippen MR) is 151 cm³/mol. The van der Waals surface area contributed by atoms with Crippen LogP contribution in [0.3, 0.4) is 0 Å². The predicted octanol–water partition coefficient (Wildman–Crippen LogP) is 2.27. The Labute approximate surface area is 224 Å². The summed E-state index contributed by atoms with van der Waals surface area (Å²) in [4.78, 5) is 35.6. The van der Waals surface area contributed by atoms with E-state index in [4.69, 9.17) is 11.5 Å². The molecule has 1 fully saturated rings. The van der Waals surface area contributed by atoms with Gasteiger partial charge in [-0.2, -0.15) is 4.57 Å². The lowest BCUT2D eigenvalue weighted by atomic mass is 10.0. The Bertz CT molecular complexity index is 1360. The molecule has 3 heterocycles. The molecule has 11 heteroatoms. The number of benzene rings is 1. The highest BCUT2D eigenvalue weighted by Crippen LogP contribution is 2.42. The molecule has 1 atom stereocenters. The first-order valence-corrected chi connectivity index (χ1v) is 14.7. The van der Waals surface area contributed by atoms with Gasteiger partial charge in [0.15, 0.2) is 5.82 Å². The fourth-order valence-electron chi connectivity index (χ4n) is 5.10. The molecule has 1 aromatic carbocycles. The number of nitrogens with one attached hydrogen (secondary N) is 2. The van der Waals surface area contributed by atoms with Crippen molar-refractivity contribution in [3.8, 4) is 0 Å². The number of aryl methyl sites for hydroxylation is 3. The molecule has 0 bridgehead atoms. The van der Waals surface area contributed by atoms with Gasteiger partial charge in [-0.15, -0.1) is 0 Å². The van der Waals surface area contributed by atoms with Crippen molar-refractivity contribution >= 4 is 41.5 Å². The lowest BCUT2D eigenvalue weighted by Gasteiger charge is -2.32. The molecule has 3 aromatic rings. The van der Waals surface area contributed by atoms with Crippen LogP contribution in [-0.4, -0.2) is 52.4 Å². The van der Waals surface area contributed by atoms with Crippen LogP contribution in [0.4, 0.5) is 5.82 Å². The third-order valence-electron chi connectivity index (χ3n) is 7.06. The number of carbonyl (C=O) groups is 2. The van der Waals surface area contributed by atoms with E-state index in [1.165, 1.54) is 10.5 Å². The van der Waals surface area contributed by atoms with Gasteiger partial charge in [0.2, 0.25) is 16.8 Å². The number of hydrogen-bond donors (Lipinski definition) is 4. The van der Waals surface area contributed by atoms with Crippen LogP contribution >= 0.6 is 7.53 Å². The number of rotatable bonds is 9. The average molecular weight is 538 g/mol. The number of hydrogen-bond acceptors (Lipinski definition) is 7. The molecule has 38 heavy (non-hydrogen) atoms. The van der Waals surface area contributed by atoms with E-state index in [1.54, 1.807) is 6.20 Å². The Kier molecular flexibility index (Phi) is 8.64. The molecule has 0 radical (unpaired) electrons. The van der Waals surface area contributed by atoms with Crippen molar-refractivity contribution in [2.75, 3.05) is 25.4 Å². The molecule has 10 nitrogen and oxygen atoms in total. The maximum Gasteiger partial charge on any atom is 0.254 e. The van der Waals surface area contributed by atoms with Crippen LogP contribution in [0.25, 0.3) is 16.3 Å². The SMILES string of the molecule is C=C(NCc1[n+](CC)c2cc(C(=O)N3CCC(NC(=O)CN)CC3)ccc2p1CC)c1nc(C)cnc1N. The lowest BCUT2D eigenvalue weighted by Crippen LogP contribution is -2.47. The average Bonchev–Trinajstić information content (AvgIpc) is 3.24. The van der Waals surface area contributed by atoms with E-state index in [-0.39, 0.29) is 24.4 Å². The summed E-state index contributed by atoms with van der Waals surface area (Å²) in [5.74, 6) is 0.231. The summed E-state index contributed by atoms with van der Waals surface area (Å²) in [5, 5.41) is 7.66. The first kappa shape index (κ1) is 27.5. The number of piperidine rings is 1. The van der Waals surface area contributed by atoms with Crippen molar-refractivity contribution in [1.82, 2.24) is 25.5 Å². The van der Waals surface area contributed by atoms with Crippen molar-refractivity contribution in [2.45, 2.75) is 58.9 Å².